The fourth-order valence-electron chi connectivity index (χ4n) is 1.17. The molecular formula is C8H8N4O2. The van der Waals surface area contributed by atoms with Gasteiger partial charge in [0.2, 0.25) is 5.60 Å². The monoisotopic (exact) mass is 192 g/mol. The Balaban J connectivity index is 2.51. The molecule has 0 atom stereocenters. The molecular weight excluding hydrogens is 184 g/mol. The van der Waals surface area contributed by atoms with Gasteiger partial charge in [-0.2, -0.15) is 0 Å². The first-order chi connectivity index (χ1) is 6.77. The predicted octanol–water partition coefficient (Wildman–Crippen LogP) is -0.432. The predicted molar refractivity (Wildman–Crippen MR) is 46.2 cm³/mol. The van der Waals surface area contributed by atoms with Crippen LogP contribution in [0.4, 0.5) is 0 Å². The maximum absolute atomic E-state index is 10.9. The largest absolute Gasteiger partial charge is 0.369 e. The Hall–Kier alpha value is -1.95. The summed E-state index contributed by atoms with van der Waals surface area (Å²) >= 11 is 0. The van der Waals surface area contributed by atoms with Gasteiger partial charge in [0.1, 0.15) is 0 Å². The van der Waals surface area contributed by atoms with E-state index < -0.39 is 5.60 Å². The minimum absolute atomic E-state index is 0.141. The second-order valence-electron chi connectivity index (χ2n) is 2.76. The number of aromatic nitrogens is 4. The summed E-state index contributed by atoms with van der Waals surface area (Å²) in [5, 5.41) is 9.98. The maximum Gasteiger partial charge on any atom is 0.235 e. The van der Waals surface area contributed by atoms with Gasteiger partial charge >= 0.3 is 0 Å². The van der Waals surface area contributed by atoms with Crippen LogP contribution in [0.3, 0.4) is 0 Å². The maximum atomic E-state index is 10.9. The molecule has 6 heteroatoms. The molecule has 0 saturated carbocycles. The van der Waals surface area contributed by atoms with Crippen molar-refractivity contribution < 1.29 is 9.90 Å². The molecule has 0 radical (unpaired) electrons. The Morgan fingerprint density at radius 1 is 1.21 bits per heavy atom. The van der Waals surface area contributed by atoms with Crippen LogP contribution in [0.15, 0.2) is 24.8 Å². The van der Waals surface area contributed by atoms with Gasteiger partial charge in [-0.15, -0.1) is 0 Å². The third kappa shape index (κ3) is 1.12. The van der Waals surface area contributed by atoms with Crippen molar-refractivity contribution in [3.8, 4) is 0 Å². The van der Waals surface area contributed by atoms with E-state index in [1.165, 1.54) is 24.8 Å². The normalized spacial score (nSPS) is 11.5. The Kier molecular flexibility index (Phi) is 1.90. The third-order valence-electron chi connectivity index (χ3n) is 1.89. The minimum Gasteiger partial charge on any atom is -0.369 e. The quantitative estimate of drug-likeness (QED) is 0.575. The Morgan fingerprint density at radius 2 is 1.71 bits per heavy atom. The summed E-state index contributed by atoms with van der Waals surface area (Å²) in [4.78, 5) is 23.8. The molecule has 0 saturated heterocycles. The lowest BCUT2D eigenvalue weighted by Crippen LogP contribution is -2.31. The van der Waals surface area contributed by atoms with Crippen molar-refractivity contribution in [2.24, 2.45) is 0 Å². The topological polar surface area (TPSA) is 94.7 Å². The molecule has 72 valence electrons. The molecule has 2 aromatic rings. The fraction of sp³-hybridized carbons (Fsp3) is 0.125. The highest BCUT2D eigenvalue weighted by Crippen LogP contribution is 2.20. The van der Waals surface area contributed by atoms with Gasteiger partial charge in [-0.25, -0.2) is 9.97 Å². The van der Waals surface area contributed by atoms with E-state index in [-0.39, 0.29) is 11.6 Å². The number of carbonyl (C=O) groups excluding carboxylic acids is 1. The number of aromatic amines is 2. The van der Waals surface area contributed by atoms with Crippen LogP contribution in [-0.4, -0.2) is 31.3 Å². The summed E-state index contributed by atoms with van der Waals surface area (Å²) in [6.07, 6.45) is 6.32. The first kappa shape index (κ1) is 8.64. The van der Waals surface area contributed by atoms with Crippen LogP contribution in [0.2, 0.25) is 0 Å². The molecule has 14 heavy (non-hydrogen) atoms. The van der Waals surface area contributed by atoms with Gasteiger partial charge in [0, 0.05) is 24.8 Å². The number of aldehydes is 1. The fourth-order valence-corrected chi connectivity index (χ4v) is 1.17. The molecule has 2 aromatic heterocycles. The highest BCUT2D eigenvalue weighted by molar-refractivity contribution is 5.68. The van der Waals surface area contributed by atoms with Crippen molar-refractivity contribution in [3.05, 3.63) is 36.4 Å². The molecule has 2 heterocycles. The lowest BCUT2D eigenvalue weighted by atomic mass is 10.1. The number of nitrogens with zero attached hydrogens (tertiary/aromatic N) is 2. The first-order valence-corrected chi connectivity index (χ1v) is 3.96. The molecule has 0 aliphatic rings. The van der Waals surface area contributed by atoms with E-state index >= 15 is 0 Å². The second-order valence-corrected chi connectivity index (χ2v) is 2.76. The molecule has 0 aliphatic carbocycles. The van der Waals surface area contributed by atoms with Crippen LogP contribution < -0.4 is 0 Å². The molecule has 3 N–H and O–H groups in total. The Labute approximate surface area is 79.0 Å². The van der Waals surface area contributed by atoms with Gasteiger partial charge in [-0.1, -0.05) is 0 Å². The number of carbonyl (C=O) groups is 1. The number of H-pyrrole nitrogens is 2. The van der Waals surface area contributed by atoms with Gasteiger partial charge in [0.25, 0.3) is 0 Å². The van der Waals surface area contributed by atoms with E-state index in [1.807, 2.05) is 0 Å². The van der Waals surface area contributed by atoms with Gasteiger partial charge in [0.15, 0.2) is 17.9 Å². The number of nitrogens with one attached hydrogen (secondary N) is 2. The number of hydrogen-bond acceptors (Lipinski definition) is 4. The van der Waals surface area contributed by atoms with Crippen molar-refractivity contribution in [1.82, 2.24) is 19.9 Å². The van der Waals surface area contributed by atoms with E-state index in [0.29, 0.717) is 6.29 Å². The number of rotatable bonds is 3. The van der Waals surface area contributed by atoms with E-state index in [0.717, 1.165) is 0 Å². The average Bonchev–Trinajstić information content (AvgIpc) is 2.88. The average molecular weight is 192 g/mol. The summed E-state index contributed by atoms with van der Waals surface area (Å²) in [5.74, 6) is 0.282. The Morgan fingerprint density at radius 3 is 2.00 bits per heavy atom. The van der Waals surface area contributed by atoms with Crippen molar-refractivity contribution >= 4 is 6.29 Å². The van der Waals surface area contributed by atoms with E-state index in [9.17, 15) is 9.90 Å². The molecule has 0 amide bonds. The third-order valence-corrected chi connectivity index (χ3v) is 1.89. The summed E-state index contributed by atoms with van der Waals surface area (Å²) in [6, 6.07) is 0. The molecule has 6 nitrogen and oxygen atoms in total. The molecule has 0 unspecified atom stereocenters. The highest BCUT2D eigenvalue weighted by atomic mass is 16.3. The van der Waals surface area contributed by atoms with Crippen LogP contribution in [0, 0.1) is 0 Å². The standard InChI is InChI=1S/C8H8N4O2/c13-5-8(14,6-9-1-2-10-6)7-11-3-4-12-7/h1-5,14H,(H,9,10)(H,11,12). The van der Waals surface area contributed by atoms with E-state index in [1.54, 1.807) is 0 Å². The molecule has 0 fully saturated rings. The van der Waals surface area contributed by atoms with E-state index in [4.69, 9.17) is 0 Å². The van der Waals surface area contributed by atoms with Crippen LogP contribution >= 0.6 is 0 Å². The van der Waals surface area contributed by atoms with Crippen molar-refractivity contribution in [2.45, 2.75) is 5.60 Å². The van der Waals surface area contributed by atoms with Crippen molar-refractivity contribution in [2.75, 3.05) is 0 Å². The van der Waals surface area contributed by atoms with Crippen LogP contribution in [0.5, 0.6) is 0 Å². The molecule has 2 rings (SSSR count). The summed E-state index contributed by atoms with van der Waals surface area (Å²) in [5.41, 5.74) is -1.83. The summed E-state index contributed by atoms with van der Waals surface area (Å²) < 4.78 is 0. The summed E-state index contributed by atoms with van der Waals surface area (Å²) in [7, 11) is 0. The first-order valence-electron chi connectivity index (χ1n) is 3.96. The van der Waals surface area contributed by atoms with Crippen molar-refractivity contribution in [1.29, 1.82) is 0 Å². The Bertz CT molecular complexity index is 372. The van der Waals surface area contributed by atoms with Gasteiger partial charge < -0.3 is 15.1 Å². The SMILES string of the molecule is O=CC(O)(c1ncc[nH]1)c1ncc[nH]1. The molecule has 0 aromatic carbocycles. The highest BCUT2D eigenvalue weighted by Gasteiger charge is 2.36. The lowest BCUT2D eigenvalue weighted by Gasteiger charge is -2.15. The van der Waals surface area contributed by atoms with Crippen LogP contribution in [0.25, 0.3) is 0 Å². The van der Waals surface area contributed by atoms with Gasteiger partial charge in [-0.3, -0.25) is 4.79 Å². The molecule has 0 bridgehead atoms. The zero-order valence-corrected chi connectivity index (χ0v) is 7.14. The van der Waals surface area contributed by atoms with Crippen molar-refractivity contribution in [3.63, 3.8) is 0 Å². The minimum atomic E-state index is -1.83. The van der Waals surface area contributed by atoms with Crippen LogP contribution in [0.1, 0.15) is 11.6 Å². The number of hydrogen-bond donors (Lipinski definition) is 3. The molecule has 0 spiro atoms. The lowest BCUT2D eigenvalue weighted by molar-refractivity contribution is -0.122. The van der Waals surface area contributed by atoms with Gasteiger partial charge in [0.05, 0.1) is 0 Å². The smallest absolute Gasteiger partial charge is 0.235 e. The van der Waals surface area contributed by atoms with Crippen LogP contribution in [-0.2, 0) is 10.4 Å². The van der Waals surface area contributed by atoms with E-state index in [2.05, 4.69) is 19.9 Å². The number of aliphatic hydroxyl groups is 1. The second kappa shape index (κ2) is 3.08. The summed E-state index contributed by atoms with van der Waals surface area (Å²) in [6.45, 7) is 0. The zero-order chi connectivity index (χ0) is 10.0. The molecule has 0 aliphatic heterocycles. The zero-order valence-electron chi connectivity index (χ0n) is 7.14. The number of imidazole rings is 2. The van der Waals surface area contributed by atoms with Gasteiger partial charge in [-0.05, 0) is 0 Å².